The third kappa shape index (κ3) is 1.00. The summed E-state index contributed by atoms with van der Waals surface area (Å²) in [5.41, 5.74) is 4.04. The third-order valence-corrected chi connectivity index (χ3v) is 1.35. The Labute approximate surface area is 49.3 Å². The summed E-state index contributed by atoms with van der Waals surface area (Å²) in [6.45, 7) is 1.78. The van der Waals surface area contributed by atoms with Crippen molar-refractivity contribution in [2.75, 3.05) is 0 Å². The molecule has 1 heteroatoms. The number of rotatable bonds is 1. The van der Waals surface area contributed by atoms with Crippen molar-refractivity contribution in [3.63, 3.8) is 0 Å². The van der Waals surface area contributed by atoms with Crippen LogP contribution in [0.2, 0.25) is 0 Å². The molecule has 1 rings (SSSR count). The van der Waals surface area contributed by atoms with Crippen molar-refractivity contribution in [1.82, 2.24) is 0 Å². The zero-order valence-electron chi connectivity index (χ0n) is 5.02. The fraction of sp³-hybridized carbons (Fsp3) is 0.571. The smallest absolute Gasteiger partial charge is 0.0795 e. The lowest BCUT2D eigenvalue weighted by atomic mass is 10.1. The standard InChI is InChI=1S/C7H10O/c1-6(8)7-4-2-3-5-7/h2,6,8H,3,5H2,1H3. The minimum Gasteiger partial charge on any atom is -0.388 e. The number of hydrogen-bond acceptors (Lipinski definition) is 1. The van der Waals surface area contributed by atoms with Gasteiger partial charge in [-0.05, 0) is 31.4 Å². The van der Waals surface area contributed by atoms with E-state index < -0.39 is 0 Å². The SMILES string of the molecule is CC(O)C1=C=CCC1. The molecule has 1 aliphatic rings. The first-order valence-electron chi connectivity index (χ1n) is 2.92. The lowest BCUT2D eigenvalue weighted by molar-refractivity contribution is 0.228. The van der Waals surface area contributed by atoms with Crippen molar-refractivity contribution < 1.29 is 5.11 Å². The first kappa shape index (κ1) is 5.61. The highest BCUT2D eigenvalue weighted by Crippen LogP contribution is 2.13. The number of hydrogen-bond donors (Lipinski definition) is 1. The Hall–Kier alpha value is -0.520. The van der Waals surface area contributed by atoms with Crippen LogP contribution < -0.4 is 0 Å². The van der Waals surface area contributed by atoms with E-state index in [1.165, 1.54) is 0 Å². The third-order valence-electron chi connectivity index (χ3n) is 1.35. The van der Waals surface area contributed by atoms with Crippen LogP contribution >= 0.6 is 0 Å². The molecular formula is C7H10O. The molecule has 0 heterocycles. The predicted octanol–water partition coefficient (Wildman–Crippen LogP) is 1.24. The molecule has 0 spiro atoms. The van der Waals surface area contributed by atoms with Gasteiger partial charge in [-0.2, -0.15) is 0 Å². The highest BCUT2D eigenvalue weighted by Gasteiger charge is 2.04. The molecule has 1 atom stereocenters. The predicted molar refractivity (Wildman–Crippen MR) is 32.5 cm³/mol. The molecule has 0 aliphatic heterocycles. The Balaban J connectivity index is 2.60. The molecule has 0 saturated carbocycles. The van der Waals surface area contributed by atoms with Crippen LogP contribution in [0.3, 0.4) is 0 Å². The molecule has 0 aromatic heterocycles. The summed E-state index contributed by atoms with van der Waals surface area (Å²) >= 11 is 0. The fourth-order valence-electron chi connectivity index (χ4n) is 0.833. The van der Waals surface area contributed by atoms with Crippen molar-refractivity contribution >= 4 is 0 Å². The van der Waals surface area contributed by atoms with Gasteiger partial charge in [0.15, 0.2) is 0 Å². The molecule has 1 aliphatic carbocycles. The van der Waals surface area contributed by atoms with E-state index in [9.17, 15) is 0 Å². The van der Waals surface area contributed by atoms with Gasteiger partial charge >= 0.3 is 0 Å². The average Bonchev–Trinajstić information content (AvgIpc) is 2.12. The summed E-state index contributed by atoms with van der Waals surface area (Å²) in [4.78, 5) is 0. The van der Waals surface area contributed by atoms with Gasteiger partial charge in [-0.25, -0.2) is 0 Å². The van der Waals surface area contributed by atoms with Gasteiger partial charge in [0.05, 0.1) is 6.10 Å². The second kappa shape index (κ2) is 2.17. The molecule has 1 N–H and O–H groups in total. The minimum atomic E-state index is -0.284. The zero-order valence-corrected chi connectivity index (χ0v) is 5.02. The van der Waals surface area contributed by atoms with Crippen molar-refractivity contribution in [2.24, 2.45) is 0 Å². The normalized spacial score (nSPS) is 21.0. The number of aliphatic hydroxyl groups is 1. The van der Waals surface area contributed by atoms with Crippen molar-refractivity contribution in [3.05, 3.63) is 17.4 Å². The van der Waals surface area contributed by atoms with Gasteiger partial charge in [-0.15, -0.1) is 5.73 Å². The van der Waals surface area contributed by atoms with E-state index in [4.69, 9.17) is 5.11 Å². The molecule has 0 fully saturated rings. The highest BCUT2D eigenvalue weighted by atomic mass is 16.3. The monoisotopic (exact) mass is 110 g/mol. The van der Waals surface area contributed by atoms with Crippen LogP contribution in [0.15, 0.2) is 17.4 Å². The maximum Gasteiger partial charge on any atom is 0.0795 e. The summed E-state index contributed by atoms with van der Waals surface area (Å²) in [5, 5.41) is 8.93. The van der Waals surface area contributed by atoms with Gasteiger partial charge in [0.25, 0.3) is 0 Å². The highest BCUT2D eigenvalue weighted by molar-refractivity contribution is 5.12. The van der Waals surface area contributed by atoms with Gasteiger partial charge in [0.1, 0.15) is 0 Å². The second-order valence-electron chi connectivity index (χ2n) is 2.09. The van der Waals surface area contributed by atoms with Crippen LogP contribution in [-0.2, 0) is 0 Å². The molecule has 0 aromatic rings. The average molecular weight is 110 g/mol. The fourth-order valence-corrected chi connectivity index (χ4v) is 0.833. The molecule has 1 nitrogen and oxygen atoms in total. The van der Waals surface area contributed by atoms with Crippen LogP contribution in [0.5, 0.6) is 0 Å². The Morgan fingerprint density at radius 3 is 2.88 bits per heavy atom. The maximum atomic E-state index is 8.93. The molecule has 0 bridgehead atoms. The van der Waals surface area contributed by atoms with E-state index in [2.05, 4.69) is 5.73 Å². The molecule has 0 saturated heterocycles. The topological polar surface area (TPSA) is 20.2 Å². The van der Waals surface area contributed by atoms with Crippen molar-refractivity contribution in [1.29, 1.82) is 0 Å². The first-order valence-corrected chi connectivity index (χ1v) is 2.92. The van der Waals surface area contributed by atoms with Gasteiger partial charge in [0.2, 0.25) is 0 Å². The Kier molecular flexibility index (Phi) is 1.52. The van der Waals surface area contributed by atoms with Gasteiger partial charge in [-0.1, -0.05) is 0 Å². The lowest BCUT2D eigenvalue weighted by Gasteiger charge is -2.00. The van der Waals surface area contributed by atoms with Gasteiger partial charge < -0.3 is 5.11 Å². The van der Waals surface area contributed by atoms with E-state index in [0.717, 1.165) is 18.4 Å². The quantitative estimate of drug-likeness (QED) is 0.503. The largest absolute Gasteiger partial charge is 0.388 e. The van der Waals surface area contributed by atoms with E-state index in [-0.39, 0.29) is 6.10 Å². The van der Waals surface area contributed by atoms with E-state index in [1.807, 2.05) is 6.08 Å². The molecule has 0 aromatic carbocycles. The van der Waals surface area contributed by atoms with Crippen LogP contribution in [0.25, 0.3) is 0 Å². The Morgan fingerprint density at radius 2 is 2.62 bits per heavy atom. The van der Waals surface area contributed by atoms with Gasteiger partial charge in [-0.3, -0.25) is 0 Å². The molecule has 44 valence electrons. The van der Waals surface area contributed by atoms with Crippen LogP contribution in [-0.4, -0.2) is 11.2 Å². The molecular weight excluding hydrogens is 100 g/mol. The van der Waals surface area contributed by atoms with Crippen molar-refractivity contribution in [2.45, 2.75) is 25.9 Å². The summed E-state index contributed by atoms with van der Waals surface area (Å²) in [7, 11) is 0. The molecule has 1 unspecified atom stereocenters. The number of aliphatic hydroxyl groups excluding tert-OH is 1. The minimum absolute atomic E-state index is 0.284. The summed E-state index contributed by atoms with van der Waals surface area (Å²) in [6, 6.07) is 0. The summed E-state index contributed by atoms with van der Waals surface area (Å²) in [5.74, 6) is 0. The molecule has 0 radical (unpaired) electrons. The molecule has 8 heavy (non-hydrogen) atoms. The van der Waals surface area contributed by atoms with Crippen LogP contribution in [0.4, 0.5) is 0 Å². The van der Waals surface area contributed by atoms with Crippen LogP contribution in [0.1, 0.15) is 19.8 Å². The summed E-state index contributed by atoms with van der Waals surface area (Å²) in [6.07, 6.45) is 3.74. The Morgan fingerprint density at radius 1 is 1.88 bits per heavy atom. The van der Waals surface area contributed by atoms with Crippen molar-refractivity contribution in [3.8, 4) is 0 Å². The van der Waals surface area contributed by atoms with Gasteiger partial charge in [0, 0.05) is 0 Å². The second-order valence-corrected chi connectivity index (χ2v) is 2.09. The zero-order chi connectivity index (χ0) is 5.98. The molecule has 0 amide bonds. The van der Waals surface area contributed by atoms with E-state index >= 15 is 0 Å². The maximum absolute atomic E-state index is 8.93. The van der Waals surface area contributed by atoms with E-state index in [0.29, 0.717) is 0 Å². The summed E-state index contributed by atoms with van der Waals surface area (Å²) < 4.78 is 0. The Bertz CT molecular complexity index is 138. The first-order chi connectivity index (χ1) is 3.80. The van der Waals surface area contributed by atoms with Crippen LogP contribution in [0, 0.1) is 0 Å². The van der Waals surface area contributed by atoms with E-state index in [1.54, 1.807) is 6.92 Å². The lowest BCUT2D eigenvalue weighted by Crippen LogP contribution is -2.00.